The lowest BCUT2D eigenvalue weighted by Crippen LogP contribution is -2.11. The molecule has 1 unspecified atom stereocenters. The Hall–Kier alpha value is -0.990. The van der Waals surface area contributed by atoms with Gasteiger partial charge in [0.2, 0.25) is 0 Å². The van der Waals surface area contributed by atoms with E-state index in [4.69, 9.17) is 0 Å². The fourth-order valence-electron chi connectivity index (χ4n) is 1.65. The van der Waals surface area contributed by atoms with Crippen LogP contribution in [0.25, 0.3) is 4.91 Å². The highest BCUT2D eigenvalue weighted by Gasteiger charge is 2.05. The van der Waals surface area contributed by atoms with Crippen LogP contribution in [-0.4, -0.2) is 7.05 Å². The zero-order valence-corrected chi connectivity index (χ0v) is 11.9. The minimum Gasteiger partial charge on any atom is -0.313 e. The van der Waals surface area contributed by atoms with Gasteiger partial charge in [-0.3, -0.25) is 0 Å². The van der Waals surface area contributed by atoms with Gasteiger partial charge in [-0.2, -0.15) is 0 Å². The summed E-state index contributed by atoms with van der Waals surface area (Å²) in [5, 5.41) is 5.13. The van der Waals surface area contributed by atoms with Crippen LogP contribution in [0.5, 0.6) is 0 Å². The van der Waals surface area contributed by atoms with Gasteiger partial charge in [0.25, 0.3) is 0 Å². The molecule has 2 heteroatoms. The van der Waals surface area contributed by atoms with Crippen LogP contribution in [0.4, 0.5) is 0 Å². The fraction of sp³-hybridized carbons (Fsp3) is 0.333. The second-order valence-corrected chi connectivity index (χ2v) is 5.22. The summed E-state index contributed by atoms with van der Waals surface area (Å²) in [4.78, 5) is 1.30. The molecule has 0 radical (unpaired) electrons. The minimum atomic E-state index is 0.395. The van der Waals surface area contributed by atoms with Crippen LogP contribution < -0.4 is 5.32 Å². The maximum Gasteiger partial charge on any atom is 0.0289 e. The molecule has 0 fully saturated rings. The van der Waals surface area contributed by atoms with E-state index in [0.29, 0.717) is 6.04 Å². The molecule has 92 valence electrons. The number of nitrogens with one attached hydrogen (secondary N) is 1. The van der Waals surface area contributed by atoms with Gasteiger partial charge < -0.3 is 5.32 Å². The summed E-state index contributed by atoms with van der Waals surface area (Å²) < 4.78 is 0. The number of allylic oxidation sites excluding steroid dienone is 1. The van der Waals surface area contributed by atoms with Gasteiger partial charge in [-0.1, -0.05) is 48.2 Å². The summed E-state index contributed by atoms with van der Waals surface area (Å²) in [6, 6.07) is 9.13. The molecule has 0 aromatic heterocycles. The highest BCUT2D eigenvalue weighted by molar-refractivity contribution is 8.10. The van der Waals surface area contributed by atoms with Gasteiger partial charge in [0.15, 0.2) is 0 Å². The minimum absolute atomic E-state index is 0.395. The van der Waals surface area contributed by atoms with E-state index in [0.717, 1.165) is 0 Å². The van der Waals surface area contributed by atoms with E-state index >= 15 is 0 Å². The van der Waals surface area contributed by atoms with Crippen LogP contribution in [0.3, 0.4) is 0 Å². The first kappa shape index (κ1) is 14.1. The molecule has 1 nitrogen and oxygen atoms in total. The molecule has 1 aromatic carbocycles. The van der Waals surface area contributed by atoms with Crippen molar-refractivity contribution in [3.05, 3.63) is 53.0 Å². The van der Waals surface area contributed by atoms with Gasteiger partial charge in [0, 0.05) is 10.9 Å². The number of benzene rings is 1. The molecule has 1 atom stereocenters. The van der Waals surface area contributed by atoms with Crippen LogP contribution in [0.1, 0.15) is 37.9 Å². The quantitative estimate of drug-likeness (QED) is 0.816. The SMILES string of the molecule is C=CSC(=C(C)C)c1ccc(C(C)NC)cc1. The first-order valence-electron chi connectivity index (χ1n) is 5.82. The Morgan fingerprint density at radius 1 is 1.29 bits per heavy atom. The summed E-state index contributed by atoms with van der Waals surface area (Å²) in [7, 11) is 1.98. The molecule has 1 aromatic rings. The van der Waals surface area contributed by atoms with Crippen molar-refractivity contribution in [2.45, 2.75) is 26.8 Å². The van der Waals surface area contributed by atoms with Gasteiger partial charge in [-0.15, -0.1) is 0 Å². The second-order valence-electron chi connectivity index (χ2n) is 4.25. The van der Waals surface area contributed by atoms with E-state index in [1.807, 2.05) is 12.5 Å². The predicted molar refractivity (Wildman–Crippen MR) is 80.0 cm³/mol. The molecule has 0 aliphatic heterocycles. The monoisotopic (exact) mass is 247 g/mol. The molecule has 0 heterocycles. The third kappa shape index (κ3) is 3.76. The van der Waals surface area contributed by atoms with E-state index in [1.54, 1.807) is 11.8 Å². The lowest BCUT2D eigenvalue weighted by Gasteiger charge is -2.12. The van der Waals surface area contributed by atoms with Gasteiger partial charge in [-0.05, 0) is 44.4 Å². The smallest absolute Gasteiger partial charge is 0.0289 e. The highest BCUT2D eigenvalue weighted by Crippen LogP contribution is 2.31. The van der Waals surface area contributed by atoms with Crippen LogP contribution in [-0.2, 0) is 0 Å². The van der Waals surface area contributed by atoms with Crippen molar-refractivity contribution in [3.8, 4) is 0 Å². The van der Waals surface area contributed by atoms with Crippen molar-refractivity contribution in [2.75, 3.05) is 7.05 Å². The maximum absolute atomic E-state index is 3.79. The van der Waals surface area contributed by atoms with Gasteiger partial charge >= 0.3 is 0 Å². The van der Waals surface area contributed by atoms with Crippen LogP contribution in [0.15, 0.2) is 41.8 Å². The van der Waals surface area contributed by atoms with Crippen molar-refractivity contribution in [3.63, 3.8) is 0 Å². The van der Waals surface area contributed by atoms with Crippen molar-refractivity contribution in [1.29, 1.82) is 0 Å². The predicted octanol–water partition coefficient (Wildman–Crippen LogP) is 4.59. The molecular weight excluding hydrogens is 226 g/mol. The van der Waals surface area contributed by atoms with Gasteiger partial charge in [-0.25, -0.2) is 0 Å². The third-order valence-corrected chi connectivity index (χ3v) is 3.81. The molecule has 17 heavy (non-hydrogen) atoms. The Morgan fingerprint density at radius 3 is 2.29 bits per heavy atom. The topological polar surface area (TPSA) is 12.0 Å². The lowest BCUT2D eigenvalue weighted by molar-refractivity contribution is 0.652. The molecule has 0 spiro atoms. The van der Waals surface area contributed by atoms with Crippen molar-refractivity contribution >= 4 is 16.7 Å². The Morgan fingerprint density at radius 2 is 1.88 bits per heavy atom. The van der Waals surface area contributed by atoms with Gasteiger partial charge in [0.05, 0.1) is 0 Å². The molecule has 0 aliphatic rings. The summed E-state index contributed by atoms with van der Waals surface area (Å²) in [5.74, 6) is 0. The molecule has 0 aliphatic carbocycles. The van der Waals surface area contributed by atoms with Crippen LogP contribution in [0, 0.1) is 0 Å². The highest BCUT2D eigenvalue weighted by atomic mass is 32.2. The normalized spacial score (nSPS) is 12.0. The molecule has 1 N–H and O–H groups in total. The number of hydrogen-bond acceptors (Lipinski definition) is 2. The Bertz CT molecular complexity index is 399. The first-order chi connectivity index (χ1) is 8.10. The van der Waals surface area contributed by atoms with E-state index in [9.17, 15) is 0 Å². The average Bonchev–Trinajstić information content (AvgIpc) is 2.35. The van der Waals surface area contributed by atoms with Crippen molar-refractivity contribution in [1.82, 2.24) is 5.32 Å². The van der Waals surface area contributed by atoms with Crippen molar-refractivity contribution in [2.24, 2.45) is 0 Å². The summed E-state index contributed by atoms with van der Waals surface area (Å²) >= 11 is 1.69. The first-order valence-corrected chi connectivity index (χ1v) is 6.70. The number of rotatable bonds is 5. The van der Waals surface area contributed by atoms with E-state index in [1.165, 1.54) is 21.6 Å². The Kier molecular flexibility index (Phi) is 5.52. The molecule has 1 rings (SSSR count). The Labute approximate surface area is 109 Å². The zero-order chi connectivity index (χ0) is 12.8. The lowest BCUT2D eigenvalue weighted by atomic mass is 10.1. The standard InChI is InChI=1S/C15H21NS/c1-6-17-15(11(2)3)14-9-7-13(8-10-14)12(4)16-5/h6-10,12,16H,1H2,2-5H3. The van der Waals surface area contributed by atoms with E-state index in [-0.39, 0.29) is 0 Å². The van der Waals surface area contributed by atoms with Crippen LogP contribution >= 0.6 is 11.8 Å². The van der Waals surface area contributed by atoms with E-state index in [2.05, 4.69) is 56.9 Å². The molecular formula is C15H21NS. The molecule has 0 saturated heterocycles. The molecule has 0 amide bonds. The number of thioether (sulfide) groups is 1. The van der Waals surface area contributed by atoms with E-state index < -0.39 is 0 Å². The molecule has 0 bridgehead atoms. The zero-order valence-electron chi connectivity index (χ0n) is 11.1. The third-order valence-electron chi connectivity index (χ3n) is 2.76. The molecule has 0 saturated carbocycles. The summed E-state index contributed by atoms with van der Waals surface area (Å²) in [6.07, 6.45) is 0. The fourth-order valence-corrected chi connectivity index (χ4v) is 2.32. The Balaban J connectivity index is 3.01. The summed E-state index contributed by atoms with van der Waals surface area (Å²) in [6.45, 7) is 10.2. The second kappa shape index (κ2) is 6.67. The van der Waals surface area contributed by atoms with Crippen LogP contribution in [0.2, 0.25) is 0 Å². The summed E-state index contributed by atoms with van der Waals surface area (Å²) in [5.41, 5.74) is 3.90. The van der Waals surface area contributed by atoms with Crippen molar-refractivity contribution < 1.29 is 0 Å². The average molecular weight is 247 g/mol. The number of hydrogen-bond donors (Lipinski definition) is 1. The maximum atomic E-state index is 3.79. The van der Waals surface area contributed by atoms with Gasteiger partial charge in [0.1, 0.15) is 0 Å². The largest absolute Gasteiger partial charge is 0.313 e.